The molecule has 0 unspecified atom stereocenters. The second kappa shape index (κ2) is 7.65. The van der Waals surface area contributed by atoms with E-state index in [1.165, 1.54) is 28.8 Å². The van der Waals surface area contributed by atoms with Crippen molar-refractivity contribution in [3.8, 4) is 0 Å². The molecule has 108 valence electrons. The van der Waals surface area contributed by atoms with Gasteiger partial charge in [0, 0.05) is 18.0 Å². The molecule has 0 aliphatic rings. The molecule has 1 heterocycles. The van der Waals surface area contributed by atoms with Crippen LogP contribution in [0, 0.1) is 0 Å². The lowest BCUT2D eigenvalue weighted by molar-refractivity contribution is 0.583. The minimum absolute atomic E-state index is 0.495. The van der Waals surface area contributed by atoms with Crippen LogP contribution in [0.2, 0.25) is 0 Å². The molecule has 0 atom stereocenters. The fourth-order valence-electron chi connectivity index (χ4n) is 2.02. The largest absolute Gasteiger partial charge is 0.310 e. The monoisotopic (exact) mass is 288 g/mol. The van der Waals surface area contributed by atoms with Crippen LogP contribution < -0.4 is 5.32 Å². The number of fused-ring (bicyclic) bond motifs is 1. The fraction of sp³-hybridized carbons (Fsp3) is 0.471. The summed E-state index contributed by atoms with van der Waals surface area (Å²) in [6.45, 7) is 7.48. The third kappa shape index (κ3) is 4.22. The standard InChI is InChI=1S/C17H24N2S/c1-4-5-10-20-17-15(12-18-13(2)3)11-14-8-6-7-9-16(14)19-17/h6-9,11,13,18H,4-5,10,12H2,1-3H3. The van der Waals surface area contributed by atoms with Gasteiger partial charge >= 0.3 is 0 Å². The first-order valence-electron chi connectivity index (χ1n) is 7.45. The molecule has 0 aliphatic heterocycles. The second-order valence-electron chi connectivity index (χ2n) is 5.38. The molecule has 0 fully saturated rings. The van der Waals surface area contributed by atoms with Gasteiger partial charge < -0.3 is 5.32 Å². The molecule has 2 nitrogen and oxygen atoms in total. The number of rotatable bonds is 7. The zero-order valence-corrected chi connectivity index (χ0v) is 13.5. The van der Waals surface area contributed by atoms with Crippen LogP contribution in [-0.4, -0.2) is 16.8 Å². The molecule has 1 N–H and O–H groups in total. The van der Waals surface area contributed by atoms with E-state index in [1.54, 1.807) is 0 Å². The minimum Gasteiger partial charge on any atom is -0.310 e. The number of pyridine rings is 1. The Balaban J connectivity index is 2.26. The molecular formula is C17H24N2S. The number of aromatic nitrogens is 1. The van der Waals surface area contributed by atoms with Crippen molar-refractivity contribution in [1.82, 2.24) is 10.3 Å². The highest BCUT2D eigenvalue weighted by Crippen LogP contribution is 2.25. The van der Waals surface area contributed by atoms with Crippen LogP contribution in [0.3, 0.4) is 0 Å². The average molecular weight is 288 g/mol. The van der Waals surface area contributed by atoms with Crippen molar-refractivity contribution in [3.63, 3.8) is 0 Å². The van der Waals surface area contributed by atoms with Crippen molar-refractivity contribution in [3.05, 3.63) is 35.9 Å². The van der Waals surface area contributed by atoms with Gasteiger partial charge in [0.25, 0.3) is 0 Å². The molecule has 0 aliphatic carbocycles. The zero-order valence-electron chi connectivity index (χ0n) is 12.6. The third-order valence-corrected chi connectivity index (χ3v) is 4.32. The van der Waals surface area contributed by atoms with E-state index in [2.05, 4.69) is 56.4 Å². The maximum absolute atomic E-state index is 4.85. The first-order valence-corrected chi connectivity index (χ1v) is 8.44. The molecule has 0 bridgehead atoms. The summed E-state index contributed by atoms with van der Waals surface area (Å²) in [5.41, 5.74) is 2.42. The summed E-state index contributed by atoms with van der Waals surface area (Å²) in [6.07, 6.45) is 2.48. The van der Waals surface area contributed by atoms with Crippen molar-refractivity contribution in [2.24, 2.45) is 0 Å². The normalized spacial score (nSPS) is 11.4. The van der Waals surface area contributed by atoms with Gasteiger partial charge in [-0.25, -0.2) is 4.98 Å². The van der Waals surface area contributed by atoms with Gasteiger partial charge in [-0.3, -0.25) is 0 Å². The molecular weight excluding hydrogens is 264 g/mol. The van der Waals surface area contributed by atoms with E-state index in [1.807, 2.05) is 11.8 Å². The van der Waals surface area contributed by atoms with Crippen LogP contribution in [0.4, 0.5) is 0 Å². The highest BCUT2D eigenvalue weighted by atomic mass is 32.2. The van der Waals surface area contributed by atoms with Crippen molar-refractivity contribution >= 4 is 22.7 Å². The molecule has 0 spiro atoms. The summed E-state index contributed by atoms with van der Waals surface area (Å²) in [5.74, 6) is 1.15. The molecule has 3 heteroatoms. The molecule has 0 saturated heterocycles. The summed E-state index contributed by atoms with van der Waals surface area (Å²) in [6, 6.07) is 11.2. The minimum atomic E-state index is 0.495. The molecule has 2 rings (SSSR count). The lowest BCUT2D eigenvalue weighted by Crippen LogP contribution is -2.22. The summed E-state index contributed by atoms with van der Waals surface area (Å²) in [7, 11) is 0. The smallest absolute Gasteiger partial charge is 0.101 e. The lowest BCUT2D eigenvalue weighted by atomic mass is 10.1. The van der Waals surface area contributed by atoms with Crippen molar-refractivity contribution in [1.29, 1.82) is 0 Å². The number of unbranched alkanes of at least 4 members (excludes halogenated alkanes) is 1. The van der Waals surface area contributed by atoms with Crippen LogP contribution in [0.5, 0.6) is 0 Å². The van der Waals surface area contributed by atoms with E-state index in [0.717, 1.165) is 17.8 Å². The quantitative estimate of drug-likeness (QED) is 0.594. The highest BCUT2D eigenvalue weighted by Gasteiger charge is 2.08. The van der Waals surface area contributed by atoms with Gasteiger partial charge in [-0.1, -0.05) is 45.4 Å². The number of nitrogens with zero attached hydrogens (tertiary/aromatic N) is 1. The Labute approximate surface area is 126 Å². The Morgan fingerprint density at radius 1 is 1.25 bits per heavy atom. The van der Waals surface area contributed by atoms with Gasteiger partial charge in [-0.15, -0.1) is 11.8 Å². The maximum Gasteiger partial charge on any atom is 0.101 e. The number of hydrogen-bond donors (Lipinski definition) is 1. The predicted molar refractivity (Wildman–Crippen MR) is 89.4 cm³/mol. The Morgan fingerprint density at radius 3 is 2.80 bits per heavy atom. The molecule has 1 aromatic heterocycles. The zero-order chi connectivity index (χ0) is 14.4. The Bertz CT molecular complexity index is 552. The third-order valence-electron chi connectivity index (χ3n) is 3.20. The predicted octanol–water partition coefficient (Wildman–Crippen LogP) is 4.63. The summed E-state index contributed by atoms with van der Waals surface area (Å²) in [5, 5.41) is 5.92. The van der Waals surface area contributed by atoms with Gasteiger partial charge in [0.1, 0.15) is 5.03 Å². The number of nitrogens with one attached hydrogen (secondary N) is 1. The first kappa shape index (κ1) is 15.3. The summed E-state index contributed by atoms with van der Waals surface area (Å²) >= 11 is 1.89. The Kier molecular flexibility index (Phi) is 5.86. The molecule has 1 aromatic carbocycles. The Morgan fingerprint density at radius 2 is 2.05 bits per heavy atom. The van der Waals surface area contributed by atoms with Gasteiger partial charge in [-0.2, -0.15) is 0 Å². The van der Waals surface area contributed by atoms with E-state index in [-0.39, 0.29) is 0 Å². The van der Waals surface area contributed by atoms with Gasteiger partial charge in [0.05, 0.1) is 5.52 Å². The van der Waals surface area contributed by atoms with Crippen LogP contribution >= 0.6 is 11.8 Å². The van der Waals surface area contributed by atoms with E-state index in [0.29, 0.717) is 6.04 Å². The van der Waals surface area contributed by atoms with Crippen molar-refractivity contribution in [2.45, 2.75) is 51.2 Å². The fourth-order valence-corrected chi connectivity index (χ4v) is 3.13. The molecule has 0 amide bonds. The van der Waals surface area contributed by atoms with Crippen LogP contribution in [-0.2, 0) is 6.54 Å². The van der Waals surface area contributed by atoms with Crippen molar-refractivity contribution in [2.75, 3.05) is 5.75 Å². The van der Waals surface area contributed by atoms with E-state index < -0.39 is 0 Å². The van der Waals surface area contributed by atoms with Gasteiger partial charge in [0.2, 0.25) is 0 Å². The SMILES string of the molecule is CCCCSc1nc2ccccc2cc1CNC(C)C. The van der Waals surface area contributed by atoms with Crippen LogP contribution in [0.25, 0.3) is 10.9 Å². The Hall–Kier alpha value is -1.06. The number of para-hydroxylation sites is 1. The van der Waals surface area contributed by atoms with Gasteiger partial charge in [0.15, 0.2) is 0 Å². The molecule has 0 saturated carbocycles. The first-order chi connectivity index (χ1) is 9.70. The van der Waals surface area contributed by atoms with E-state index in [9.17, 15) is 0 Å². The van der Waals surface area contributed by atoms with E-state index >= 15 is 0 Å². The molecule has 2 aromatic rings. The number of benzene rings is 1. The number of thioether (sulfide) groups is 1. The van der Waals surface area contributed by atoms with Crippen molar-refractivity contribution < 1.29 is 0 Å². The topological polar surface area (TPSA) is 24.9 Å². The molecule has 0 radical (unpaired) electrons. The summed E-state index contributed by atoms with van der Waals surface area (Å²) < 4.78 is 0. The van der Waals surface area contributed by atoms with Crippen LogP contribution in [0.1, 0.15) is 39.2 Å². The average Bonchev–Trinajstić information content (AvgIpc) is 2.45. The number of hydrogen-bond acceptors (Lipinski definition) is 3. The summed E-state index contributed by atoms with van der Waals surface area (Å²) in [4.78, 5) is 4.85. The van der Waals surface area contributed by atoms with Crippen LogP contribution in [0.15, 0.2) is 35.4 Å². The lowest BCUT2D eigenvalue weighted by Gasteiger charge is -2.13. The highest BCUT2D eigenvalue weighted by molar-refractivity contribution is 7.99. The second-order valence-corrected chi connectivity index (χ2v) is 6.47. The van der Waals surface area contributed by atoms with E-state index in [4.69, 9.17) is 4.98 Å². The maximum atomic E-state index is 4.85. The van der Waals surface area contributed by atoms with Gasteiger partial charge in [-0.05, 0) is 29.9 Å². The molecule has 20 heavy (non-hydrogen) atoms.